The molecule has 0 saturated heterocycles. The molecule has 0 unspecified atom stereocenters. The van der Waals surface area contributed by atoms with E-state index in [1.807, 2.05) is 31.3 Å². The van der Waals surface area contributed by atoms with Crippen molar-refractivity contribution in [2.75, 3.05) is 13.7 Å². The van der Waals surface area contributed by atoms with Crippen LogP contribution >= 0.6 is 0 Å². The van der Waals surface area contributed by atoms with Gasteiger partial charge in [-0.2, -0.15) is 0 Å². The normalized spacial score (nSPS) is 20.9. The molecule has 1 heterocycles. The summed E-state index contributed by atoms with van der Waals surface area (Å²) < 4.78 is 5.54. The monoisotopic (exact) mass is 191 g/mol. The van der Waals surface area contributed by atoms with Gasteiger partial charge < -0.3 is 10.1 Å². The van der Waals surface area contributed by atoms with Crippen LogP contribution in [-0.4, -0.2) is 25.5 Å². The second-order valence-electron chi connectivity index (χ2n) is 3.42. The first kappa shape index (κ1) is 9.21. The highest BCUT2D eigenvalue weighted by Gasteiger charge is 2.21. The van der Waals surface area contributed by atoms with Gasteiger partial charge in [-0.15, -0.1) is 0 Å². The number of Topliss-reactive ketones (excluding diaryl/α,β-unsaturated/α-hetero) is 1. The van der Waals surface area contributed by atoms with Crippen LogP contribution in [0.1, 0.15) is 16.8 Å². The summed E-state index contributed by atoms with van der Waals surface area (Å²) >= 11 is 0. The third kappa shape index (κ3) is 1.63. The lowest BCUT2D eigenvalue weighted by molar-refractivity contribution is 0.0972. The number of hydrogen-bond donors (Lipinski definition) is 1. The summed E-state index contributed by atoms with van der Waals surface area (Å²) in [6, 6.07) is 7.52. The first-order chi connectivity index (χ1) is 6.81. The number of hydrogen-bond acceptors (Lipinski definition) is 3. The van der Waals surface area contributed by atoms with E-state index in [4.69, 9.17) is 4.74 Å². The van der Waals surface area contributed by atoms with E-state index >= 15 is 0 Å². The minimum Gasteiger partial charge on any atom is -0.491 e. The summed E-state index contributed by atoms with van der Waals surface area (Å²) in [7, 11) is 1.84. The fraction of sp³-hybridized carbons (Fsp3) is 0.364. The Morgan fingerprint density at radius 3 is 3.00 bits per heavy atom. The van der Waals surface area contributed by atoms with Crippen molar-refractivity contribution in [3.8, 4) is 5.75 Å². The van der Waals surface area contributed by atoms with Gasteiger partial charge in [-0.3, -0.25) is 4.79 Å². The van der Waals surface area contributed by atoms with Crippen molar-refractivity contribution in [3.05, 3.63) is 29.8 Å². The standard InChI is InChI=1S/C11H13NO2/c1-12-8-6-10(13)9-4-2-3-5-11(9)14-7-8/h2-5,8,12H,6-7H2,1H3/t8-/m0/s1. The molecule has 1 aliphatic heterocycles. The molecule has 1 N–H and O–H groups in total. The summed E-state index contributed by atoms with van der Waals surface area (Å²) in [6.07, 6.45) is 0.507. The average molecular weight is 191 g/mol. The molecule has 14 heavy (non-hydrogen) atoms. The number of fused-ring (bicyclic) bond motifs is 1. The number of para-hydroxylation sites is 1. The lowest BCUT2D eigenvalue weighted by Crippen LogP contribution is -2.32. The summed E-state index contributed by atoms with van der Waals surface area (Å²) in [6.45, 7) is 0.555. The van der Waals surface area contributed by atoms with Gasteiger partial charge in [-0.1, -0.05) is 12.1 Å². The van der Waals surface area contributed by atoms with Crippen LogP contribution in [0.4, 0.5) is 0 Å². The van der Waals surface area contributed by atoms with Crippen molar-refractivity contribution in [2.24, 2.45) is 0 Å². The van der Waals surface area contributed by atoms with Gasteiger partial charge >= 0.3 is 0 Å². The van der Waals surface area contributed by atoms with Crippen LogP contribution in [0.5, 0.6) is 5.75 Å². The first-order valence-electron chi connectivity index (χ1n) is 4.73. The number of ether oxygens (including phenoxy) is 1. The Morgan fingerprint density at radius 1 is 1.43 bits per heavy atom. The van der Waals surface area contributed by atoms with Crippen LogP contribution in [0, 0.1) is 0 Å². The van der Waals surface area contributed by atoms with E-state index in [9.17, 15) is 4.79 Å². The summed E-state index contributed by atoms with van der Waals surface area (Å²) in [5, 5.41) is 3.06. The molecule has 1 aromatic rings. The molecule has 1 aliphatic rings. The van der Waals surface area contributed by atoms with Crippen molar-refractivity contribution in [1.82, 2.24) is 5.32 Å². The van der Waals surface area contributed by atoms with Gasteiger partial charge in [0.1, 0.15) is 12.4 Å². The third-order valence-electron chi connectivity index (χ3n) is 2.47. The summed E-state index contributed by atoms with van der Waals surface area (Å²) in [5.41, 5.74) is 0.699. The SMILES string of the molecule is CN[C@@H]1COc2ccccc2C(=O)C1. The van der Waals surface area contributed by atoms with E-state index in [2.05, 4.69) is 5.32 Å². The van der Waals surface area contributed by atoms with Gasteiger partial charge in [0.25, 0.3) is 0 Å². The van der Waals surface area contributed by atoms with E-state index < -0.39 is 0 Å². The van der Waals surface area contributed by atoms with E-state index in [-0.39, 0.29) is 11.8 Å². The zero-order valence-corrected chi connectivity index (χ0v) is 8.12. The Hall–Kier alpha value is -1.35. The molecule has 3 heteroatoms. The maximum absolute atomic E-state index is 11.8. The van der Waals surface area contributed by atoms with Crippen LogP contribution in [0.3, 0.4) is 0 Å². The molecular weight excluding hydrogens is 178 g/mol. The van der Waals surface area contributed by atoms with Gasteiger partial charge in [0, 0.05) is 12.5 Å². The predicted octanol–water partition coefficient (Wildman–Crippen LogP) is 1.24. The number of carbonyl (C=O) groups is 1. The van der Waals surface area contributed by atoms with Crippen LogP contribution in [0.15, 0.2) is 24.3 Å². The Morgan fingerprint density at radius 2 is 2.21 bits per heavy atom. The maximum Gasteiger partial charge on any atom is 0.168 e. The molecular formula is C11H13NO2. The van der Waals surface area contributed by atoms with Crippen molar-refractivity contribution in [3.63, 3.8) is 0 Å². The van der Waals surface area contributed by atoms with E-state index in [0.717, 1.165) is 0 Å². The van der Waals surface area contributed by atoms with Gasteiger partial charge in [0.15, 0.2) is 5.78 Å². The van der Waals surface area contributed by atoms with Gasteiger partial charge in [-0.05, 0) is 19.2 Å². The molecule has 0 radical (unpaired) electrons. The number of likely N-dealkylation sites (N-methyl/N-ethyl adjacent to an activating group) is 1. The molecule has 0 aromatic heterocycles. The minimum absolute atomic E-state index is 0.120. The van der Waals surface area contributed by atoms with E-state index in [1.54, 1.807) is 0 Å². The first-order valence-corrected chi connectivity index (χ1v) is 4.73. The molecule has 0 saturated carbocycles. The van der Waals surface area contributed by atoms with Crippen LogP contribution < -0.4 is 10.1 Å². The quantitative estimate of drug-likeness (QED) is 0.725. The molecule has 0 fully saturated rings. The van der Waals surface area contributed by atoms with Crippen LogP contribution in [0.2, 0.25) is 0 Å². The molecule has 0 aliphatic carbocycles. The Bertz CT molecular complexity index is 349. The average Bonchev–Trinajstić information content (AvgIpc) is 2.39. The lowest BCUT2D eigenvalue weighted by atomic mass is 10.1. The van der Waals surface area contributed by atoms with Crippen molar-refractivity contribution < 1.29 is 9.53 Å². The molecule has 0 spiro atoms. The van der Waals surface area contributed by atoms with Crippen LogP contribution in [-0.2, 0) is 0 Å². The third-order valence-corrected chi connectivity index (χ3v) is 2.47. The fourth-order valence-electron chi connectivity index (χ4n) is 1.59. The number of ketones is 1. The summed E-state index contributed by atoms with van der Waals surface area (Å²) in [4.78, 5) is 11.8. The molecule has 74 valence electrons. The highest BCUT2D eigenvalue weighted by Crippen LogP contribution is 2.23. The van der Waals surface area contributed by atoms with E-state index in [0.29, 0.717) is 24.3 Å². The predicted molar refractivity (Wildman–Crippen MR) is 53.7 cm³/mol. The molecule has 3 nitrogen and oxygen atoms in total. The Balaban J connectivity index is 2.31. The van der Waals surface area contributed by atoms with Crippen LogP contribution in [0.25, 0.3) is 0 Å². The highest BCUT2D eigenvalue weighted by atomic mass is 16.5. The van der Waals surface area contributed by atoms with Crippen molar-refractivity contribution in [2.45, 2.75) is 12.5 Å². The summed E-state index contributed by atoms with van der Waals surface area (Å²) in [5.74, 6) is 0.854. The molecule has 1 aromatic carbocycles. The number of benzene rings is 1. The van der Waals surface area contributed by atoms with Gasteiger partial charge in [0.2, 0.25) is 0 Å². The largest absolute Gasteiger partial charge is 0.491 e. The second kappa shape index (κ2) is 3.80. The van der Waals surface area contributed by atoms with Crippen molar-refractivity contribution in [1.29, 1.82) is 0 Å². The van der Waals surface area contributed by atoms with E-state index in [1.165, 1.54) is 0 Å². The maximum atomic E-state index is 11.8. The number of rotatable bonds is 1. The topological polar surface area (TPSA) is 38.3 Å². The lowest BCUT2D eigenvalue weighted by Gasteiger charge is -2.11. The van der Waals surface area contributed by atoms with Gasteiger partial charge in [-0.25, -0.2) is 0 Å². The van der Waals surface area contributed by atoms with Gasteiger partial charge in [0.05, 0.1) is 5.56 Å². The zero-order valence-electron chi connectivity index (χ0n) is 8.12. The Labute approximate surface area is 83.1 Å². The fourth-order valence-corrected chi connectivity index (χ4v) is 1.59. The minimum atomic E-state index is 0.120. The number of nitrogens with one attached hydrogen (secondary N) is 1. The molecule has 1 atom stereocenters. The highest BCUT2D eigenvalue weighted by molar-refractivity contribution is 5.99. The smallest absolute Gasteiger partial charge is 0.168 e. The second-order valence-corrected chi connectivity index (χ2v) is 3.42. The zero-order chi connectivity index (χ0) is 9.97. The van der Waals surface area contributed by atoms with Crippen molar-refractivity contribution >= 4 is 5.78 Å². The molecule has 2 rings (SSSR count). The number of carbonyl (C=O) groups excluding carboxylic acids is 1. The molecule has 0 bridgehead atoms. The molecule has 0 amide bonds. The Kier molecular flexibility index (Phi) is 2.50.